The molecule has 94 valence electrons. The van der Waals surface area contributed by atoms with Crippen LogP contribution in [0.1, 0.15) is 39.5 Å². The van der Waals surface area contributed by atoms with Crippen molar-refractivity contribution in [1.29, 1.82) is 0 Å². The second kappa shape index (κ2) is 8.34. The number of methoxy groups -OCH3 is 1. The molecule has 0 aromatic carbocycles. The Labute approximate surface area is 98.8 Å². The van der Waals surface area contributed by atoms with Gasteiger partial charge in [-0.3, -0.25) is 0 Å². The van der Waals surface area contributed by atoms with Crippen LogP contribution in [0, 0.1) is 5.41 Å². The Kier molecular flexibility index (Phi) is 7.90. The van der Waals surface area contributed by atoms with E-state index < -0.39 is 0 Å². The third-order valence-electron chi connectivity index (χ3n) is 2.95. The molecular formula is C13H24O3. The molecule has 0 aliphatic carbocycles. The minimum Gasteiger partial charge on any atom is -0.462 e. The number of ether oxygens (including phenoxy) is 2. The van der Waals surface area contributed by atoms with Crippen LogP contribution < -0.4 is 0 Å². The summed E-state index contributed by atoms with van der Waals surface area (Å²) < 4.78 is 10.4. The Hall–Kier alpha value is -0.830. The quantitative estimate of drug-likeness (QED) is 0.449. The van der Waals surface area contributed by atoms with Crippen molar-refractivity contribution >= 4 is 5.97 Å². The molecule has 3 nitrogen and oxygen atoms in total. The maximum Gasteiger partial charge on any atom is 0.330 e. The van der Waals surface area contributed by atoms with E-state index in [1.807, 2.05) is 0 Å². The molecule has 0 radical (unpaired) electrons. The van der Waals surface area contributed by atoms with Crippen molar-refractivity contribution < 1.29 is 14.3 Å². The fraction of sp³-hybridized carbons (Fsp3) is 0.769. The van der Waals surface area contributed by atoms with Crippen LogP contribution in [0.3, 0.4) is 0 Å². The van der Waals surface area contributed by atoms with E-state index in [1.54, 1.807) is 7.11 Å². The summed E-state index contributed by atoms with van der Waals surface area (Å²) in [7, 11) is 1.69. The second-order valence-electron chi connectivity index (χ2n) is 4.20. The van der Waals surface area contributed by atoms with Gasteiger partial charge < -0.3 is 9.47 Å². The number of esters is 1. The number of unbranched alkanes of at least 4 members (excludes halogenated alkanes) is 1. The van der Waals surface area contributed by atoms with Gasteiger partial charge in [0.05, 0.1) is 13.2 Å². The molecule has 0 spiro atoms. The highest BCUT2D eigenvalue weighted by molar-refractivity contribution is 5.81. The predicted octanol–water partition coefficient (Wildman–Crippen LogP) is 2.95. The maximum atomic E-state index is 11.1. The lowest BCUT2D eigenvalue weighted by atomic mass is 9.82. The molecular weight excluding hydrogens is 204 g/mol. The van der Waals surface area contributed by atoms with Crippen molar-refractivity contribution in [2.45, 2.75) is 39.5 Å². The van der Waals surface area contributed by atoms with Gasteiger partial charge in [0.2, 0.25) is 0 Å². The van der Waals surface area contributed by atoms with Crippen LogP contribution in [0.2, 0.25) is 0 Å². The zero-order valence-electron chi connectivity index (χ0n) is 10.8. The normalized spacial score (nSPS) is 14.2. The van der Waals surface area contributed by atoms with Crippen LogP contribution >= 0.6 is 0 Å². The lowest BCUT2D eigenvalue weighted by molar-refractivity contribution is -0.143. The molecule has 0 fully saturated rings. The summed E-state index contributed by atoms with van der Waals surface area (Å²) in [5, 5.41) is 0. The first-order valence-electron chi connectivity index (χ1n) is 5.92. The highest BCUT2D eigenvalue weighted by Gasteiger charge is 2.29. The van der Waals surface area contributed by atoms with Gasteiger partial charge in [-0.25, -0.2) is 4.79 Å². The SMILES string of the molecule is C=CC(=O)OCC(CC)(CCCC)COC. The Morgan fingerprint density at radius 2 is 2.06 bits per heavy atom. The van der Waals surface area contributed by atoms with Crippen LogP contribution in [0.15, 0.2) is 12.7 Å². The van der Waals surface area contributed by atoms with Crippen molar-refractivity contribution in [2.75, 3.05) is 20.3 Å². The van der Waals surface area contributed by atoms with Gasteiger partial charge in [-0.05, 0) is 12.8 Å². The molecule has 0 rings (SSSR count). The smallest absolute Gasteiger partial charge is 0.330 e. The monoisotopic (exact) mass is 228 g/mol. The van der Waals surface area contributed by atoms with Crippen molar-refractivity contribution in [2.24, 2.45) is 5.41 Å². The zero-order chi connectivity index (χ0) is 12.4. The Morgan fingerprint density at radius 3 is 2.50 bits per heavy atom. The molecule has 0 amide bonds. The zero-order valence-corrected chi connectivity index (χ0v) is 10.8. The molecule has 0 saturated heterocycles. The Bertz CT molecular complexity index is 213. The average molecular weight is 228 g/mol. The number of hydrogen-bond acceptors (Lipinski definition) is 3. The molecule has 1 atom stereocenters. The highest BCUT2D eigenvalue weighted by atomic mass is 16.5. The van der Waals surface area contributed by atoms with Crippen molar-refractivity contribution in [3.63, 3.8) is 0 Å². The molecule has 0 aromatic heterocycles. The molecule has 0 heterocycles. The van der Waals surface area contributed by atoms with Crippen LogP contribution in [0.4, 0.5) is 0 Å². The first-order valence-corrected chi connectivity index (χ1v) is 5.92. The molecule has 16 heavy (non-hydrogen) atoms. The van der Waals surface area contributed by atoms with Gasteiger partial charge in [-0.15, -0.1) is 0 Å². The van der Waals surface area contributed by atoms with E-state index in [0.717, 1.165) is 25.7 Å². The van der Waals surface area contributed by atoms with Gasteiger partial charge in [0.1, 0.15) is 0 Å². The van der Waals surface area contributed by atoms with E-state index in [4.69, 9.17) is 9.47 Å². The molecule has 0 aliphatic heterocycles. The third kappa shape index (κ3) is 5.31. The summed E-state index contributed by atoms with van der Waals surface area (Å²) in [6.07, 6.45) is 5.44. The van der Waals surface area contributed by atoms with Crippen LogP contribution in [-0.2, 0) is 14.3 Å². The highest BCUT2D eigenvalue weighted by Crippen LogP contribution is 2.29. The van der Waals surface area contributed by atoms with E-state index in [0.29, 0.717) is 13.2 Å². The molecule has 0 aliphatic rings. The number of carbonyl (C=O) groups excluding carboxylic acids is 1. The van der Waals surface area contributed by atoms with Gasteiger partial charge in [-0.2, -0.15) is 0 Å². The topological polar surface area (TPSA) is 35.5 Å². The summed E-state index contributed by atoms with van der Waals surface area (Å²) in [5.41, 5.74) is -0.0383. The van der Waals surface area contributed by atoms with E-state index in [-0.39, 0.29) is 11.4 Å². The van der Waals surface area contributed by atoms with Crippen LogP contribution in [0.25, 0.3) is 0 Å². The van der Waals surface area contributed by atoms with E-state index >= 15 is 0 Å². The number of carbonyl (C=O) groups is 1. The first-order chi connectivity index (χ1) is 7.64. The van der Waals surface area contributed by atoms with Crippen molar-refractivity contribution in [1.82, 2.24) is 0 Å². The summed E-state index contributed by atoms with van der Waals surface area (Å²) in [6.45, 7) is 8.70. The molecule has 0 aromatic rings. The van der Waals surface area contributed by atoms with E-state index in [1.165, 1.54) is 6.08 Å². The largest absolute Gasteiger partial charge is 0.462 e. The summed E-state index contributed by atoms with van der Waals surface area (Å²) in [6, 6.07) is 0. The van der Waals surface area contributed by atoms with Crippen LogP contribution in [0.5, 0.6) is 0 Å². The summed E-state index contributed by atoms with van der Waals surface area (Å²) in [4.78, 5) is 11.1. The number of rotatable bonds is 9. The summed E-state index contributed by atoms with van der Waals surface area (Å²) in [5.74, 6) is -0.356. The fourth-order valence-electron chi connectivity index (χ4n) is 1.71. The van der Waals surface area contributed by atoms with Gasteiger partial charge in [0, 0.05) is 18.6 Å². The van der Waals surface area contributed by atoms with Gasteiger partial charge in [0.25, 0.3) is 0 Å². The minimum absolute atomic E-state index is 0.0383. The standard InChI is InChI=1S/C13H24O3/c1-5-8-9-13(7-3,10-15-4)11-16-12(14)6-2/h6H,2,5,7-11H2,1,3-4H3. The molecule has 0 bridgehead atoms. The second-order valence-corrected chi connectivity index (χ2v) is 4.20. The maximum absolute atomic E-state index is 11.1. The van der Waals surface area contributed by atoms with Gasteiger partial charge in [0.15, 0.2) is 0 Å². The average Bonchev–Trinajstić information content (AvgIpc) is 2.32. The minimum atomic E-state index is -0.356. The Balaban J connectivity index is 4.35. The Morgan fingerprint density at radius 1 is 1.38 bits per heavy atom. The summed E-state index contributed by atoms with van der Waals surface area (Å²) >= 11 is 0. The molecule has 3 heteroatoms. The number of hydrogen-bond donors (Lipinski definition) is 0. The lowest BCUT2D eigenvalue weighted by Gasteiger charge is -2.31. The van der Waals surface area contributed by atoms with E-state index in [2.05, 4.69) is 20.4 Å². The predicted molar refractivity (Wildman–Crippen MR) is 65.3 cm³/mol. The van der Waals surface area contributed by atoms with Gasteiger partial charge in [-0.1, -0.05) is 33.3 Å². The van der Waals surface area contributed by atoms with Crippen molar-refractivity contribution in [3.8, 4) is 0 Å². The van der Waals surface area contributed by atoms with Crippen LogP contribution in [-0.4, -0.2) is 26.3 Å². The lowest BCUT2D eigenvalue weighted by Crippen LogP contribution is -2.32. The molecule has 0 N–H and O–H groups in total. The fourth-order valence-corrected chi connectivity index (χ4v) is 1.71. The first kappa shape index (κ1) is 15.2. The van der Waals surface area contributed by atoms with Crippen molar-refractivity contribution in [3.05, 3.63) is 12.7 Å². The van der Waals surface area contributed by atoms with E-state index in [9.17, 15) is 4.79 Å². The molecule has 1 unspecified atom stereocenters. The molecule has 0 saturated carbocycles. The van der Waals surface area contributed by atoms with Gasteiger partial charge >= 0.3 is 5.97 Å². The third-order valence-corrected chi connectivity index (χ3v) is 2.95.